The Labute approximate surface area is 232 Å². The monoisotopic (exact) mass is 563 g/mol. The Hall–Kier alpha value is -4.51. The van der Waals surface area contributed by atoms with Gasteiger partial charge in [0.15, 0.2) is 11.3 Å². The van der Waals surface area contributed by atoms with E-state index in [-0.39, 0.29) is 35.6 Å². The molecule has 1 aliphatic rings. The minimum atomic E-state index is -4.78. The summed E-state index contributed by atoms with van der Waals surface area (Å²) in [5.74, 6) is -1.42. The number of carbonyl (C=O) groups is 1. The Kier molecular flexibility index (Phi) is 6.41. The largest absolute Gasteiger partial charge is 0.435 e. The summed E-state index contributed by atoms with van der Waals surface area (Å²) >= 11 is 0. The number of hydrogen-bond acceptors (Lipinski definition) is 5. The van der Waals surface area contributed by atoms with Crippen LogP contribution in [0.2, 0.25) is 0 Å². The summed E-state index contributed by atoms with van der Waals surface area (Å²) in [6.45, 7) is 2.23. The number of nitrogens with zero attached hydrogens (tertiary/aromatic N) is 5. The van der Waals surface area contributed by atoms with Gasteiger partial charge in [-0.15, -0.1) is 0 Å². The SMILES string of the molecule is Cc1noc2ccc(-n3nc(C(F)(F)F)c4c3C(=O)N(c3ccc(-c5ccccc5CN(C)C)cc3F)CC4)cc12. The summed E-state index contributed by atoms with van der Waals surface area (Å²) in [6, 6.07) is 16.9. The smallest absolute Gasteiger partial charge is 0.356 e. The van der Waals surface area contributed by atoms with E-state index in [2.05, 4.69) is 10.3 Å². The van der Waals surface area contributed by atoms with Gasteiger partial charge in [0, 0.05) is 24.0 Å². The van der Waals surface area contributed by atoms with E-state index in [0.29, 0.717) is 28.8 Å². The van der Waals surface area contributed by atoms with Crippen molar-refractivity contribution in [1.82, 2.24) is 19.8 Å². The molecule has 7 nitrogen and oxygen atoms in total. The third-order valence-electron chi connectivity index (χ3n) is 7.22. The number of alkyl halides is 3. The zero-order chi connectivity index (χ0) is 29.1. The first-order chi connectivity index (χ1) is 19.5. The molecule has 3 aromatic carbocycles. The van der Waals surface area contributed by atoms with E-state index in [0.717, 1.165) is 15.8 Å². The van der Waals surface area contributed by atoms with E-state index in [4.69, 9.17) is 4.52 Å². The number of carbonyl (C=O) groups excluding carboxylic acids is 1. The highest BCUT2D eigenvalue weighted by Crippen LogP contribution is 2.38. The van der Waals surface area contributed by atoms with Crippen molar-refractivity contribution in [3.63, 3.8) is 0 Å². The van der Waals surface area contributed by atoms with Crippen LogP contribution in [0.1, 0.15) is 33.0 Å². The molecule has 5 aromatic rings. The van der Waals surface area contributed by atoms with Gasteiger partial charge in [0.25, 0.3) is 5.91 Å². The Morgan fingerprint density at radius 2 is 1.83 bits per heavy atom. The van der Waals surface area contributed by atoms with Crippen molar-refractivity contribution in [2.75, 3.05) is 25.5 Å². The molecule has 0 unspecified atom stereocenters. The van der Waals surface area contributed by atoms with Crippen LogP contribution in [0, 0.1) is 12.7 Å². The number of amides is 1. The summed E-state index contributed by atoms with van der Waals surface area (Å²) in [5.41, 5.74) is 2.11. The first-order valence-corrected chi connectivity index (χ1v) is 12.9. The molecular formula is C30H25F4N5O2. The minimum Gasteiger partial charge on any atom is -0.356 e. The first-order valence-electron chi connectivity index (χ1n) is 12.9. The quantitative estimate of drug-likeness (QED) is 0.231. The lowest BCUT2D eigenvalue weighted by atomic mass is 9.98. The van der Waals surface area contributed by atoms with Crippen LogP contribution in [0.25, 0.3) is 27.8 Å². The van der Waals surface area contributed by atoms with Gasteiger partial charge < -0.3 is 14.3 Å². The molecule has 0 N–H and O–H groups in total. The molecule has 0 spiro atoms. The number of rotatable bonds is 5. The average Bonchev–Trinajstić information content (AvgIpc) is 3.50. The molecule has 3 heterocycles. The van der Waals surface area contributed by atoms with Crippen molar-refractivity contribution in [2.24, 2.45) is 0 Å². The van der Waals surface area contributed by atoms with E-state index >= 15 is 4.39 Å². The first kappa shape index (κ1) is 26.7. The molecule has 1 amide bonds. The van der Waals surface area contributed by atoms with Crippen LogP contribution in [0.3, 0.4) is 0 Å². The number of fused-ring (bicyclic) bond motifs is 2. The number of aromatic nitrogens is 3. The van der Waals surface area contributed by atoms with E-state index < -0.39 is 23.6 Å². The fraction of sp³-hybridized carbons (Fsp3) is 0.233. The highest BCUT2D eigenvalue weighted by Gasteiger charge is 2.43. The zero-order valence-corrected chi connectivity index (χ0v) is 22.5. The third kappa shape index (κ3) is 4.65. The molecule has 210 valence electrons. The van der Waals surface area contributed by atoms with Crippen LogP contribution in [-0.2, 0) is 19.1 Å². The number of aryl methyl sites for hydroxylation is 1. The number of benzene rings is 3. The maximum atomic E-state index is 15.6. The average molecular weight is 564 g/mol. The Bertz CT molecular complexity index is 1800. The molecule has 0 radical (unpaired) electrons. The Balaban J connectivity index is 1.42. The Morgan fingerprint density at radius 3 is 2.56 bits per heavy atom. The molecule has 6 rings (SSSR count). The van der Waals surface area contributed by atoms with Crippen LogP contribution in [0.15, 0.2) is 65.2 Å². The lowest BCUT2D eigenvalue weighted by Crippen LogP contribution is -2.39. The van der Waals surface area contributed by atoms with Crippen molar-refractivity contribution in [2.45, 2.75) is 26.1 Å². The van der Waals surface area contributed by atoms with Crippen molar-refractivity contribution in [3.05, 3.63) is 94.7 Å². The second-order valence-electron chi connectivity index (χ2n) is 10.3. The van der Waals surface area contributed by atoms with E-state index in [9.17, 15) is 18.0 Å². The Morgan fingerprint density at radius 1 is 1.05 bits per heavy atom. The normalized spacial score (nSPS) is 13.9. The van der Waals surface area contributed by atoms with Gasteiger partial charge in [0.05, 0.1) is 17.1 Å². The van der Waals surface area contributed by atoms with Crippen molar-refractivity contribution >= 4 is 22.6 Å². The minimum absolute atomic E-state index is 0.0128. The lowest BCUT2D eigenvalue weighted by Gasteiger charge is -2.28. The zero-order valence-electron chi connectivity index (χ0n) is 22.5. The molecule has 0 aliphatic carbocycles. The summed E-state index contributed by atoms with van der Waals surface area (Å²) < 4.78 is 63.9. The molecule has 0 fully saturated rings. The summed E-state index contributed by atoms with van der Waals surface area (Å²) in [4.78, 5) is 17.0. The van der Waals surface area contributed by atoms with E-state index in [1.807, 2.05) is 43.3 Å². The molecule has 11 heteroatoms. The van der Waals surface area contributed by atoms with Crippen LogP contribution >= 0.6 is 0 Å². The molecule has 1 aliphatic heterocycles. The molecule has 0 bridgehead atoms. The van der Waals surface area contributed by atoms with Gasteiger partial charge in [-0.05, 0) is 74.5 Å². The van der Waals surface area contributed by atoms with Crippen molar-refractivity contribution in [1.29, 1.82) is 0 Å². The van der Waals surface area contributed by atoms with E-state index in [1.165, 1.54) is 23.1 Å². The van der Waals surface area contributed by atoms with Gasteiger partial charge in [-0.25, -0.2) is 9.07 Å². The standard InChI is InChI=1S/C30H25F4N5O2/c1-17-23-15-20(9-11-26(23)41-36-17)39-27-22(28(35-39)30(32,33)34)12-13-38(29(27)40)25-10-8-18(14-24(25)31)21-7-5-4-6-19(21)16-37(2)3/h4-11,14-15H,12-13,16H2,1-3H3. The maximum absolute atomic E-state index is 15.6. The third-order valence-corrected chi connectivity index (χ3v) is 7.22. The summed E-state index contributed by atoms with van der Waals surface area (Å²) in [5, 5.41) is 8.30. The summed E-state index contributed by atoms with van der Waals surface area (Å²) in [7, 11) is 3.88. The molecule has 2 aromatic heterocycles. The second kappa shape index (κ2) is 9.84. The second-order valence-corrected chi connectivity index (χ2v) is 10.3. The van der Waals surface area contributed by atoms with Gasteiger partial charge in [0.1, 0.15) is 11.5 Å². The molecule has 41 heavy (non-hydrogen) atoms. The highest BCUT2D eigenvalue weighted by molar-refractivity contribution is 6.08. The van der Waals surface area contributed by atoms with Crippen molar-refractivity contribution in [3.8, 4) is 16.8 Å². The number of anilines is 1. The van der Waals surface area contributed by atoms with E-state index in [1.54, 1.807) is 25.1 Å². The van der Waals surface area contributed by atoms with Crippen molar-refractivity contribution < 1.29 is 26.9 Å². The molecule has 0 saturated heterocycles. The number of hydrogen-bond donors (Lipinski definition) is 0. The molecular weight excluding hydrogens is 538 g/mol. The van der Waals surface area contributed by atoms with Crippen LogP contribution in [0.5, 0.6) is 0 Å². The number of halogens is 4. The predicted molar refractivity (Wildman–Crippen MR) is 145 cm³/mol. The fourth-order valence-corrected chi connectivity index (χ4v) is 5.36. The van der Waals surface area contributed by atoms with Gasteiger partial charge >= 0.3 is 6.18 Å². The lowest BCUT2D eigenvalue weighted by molar-refractivity contribution is -0.141. The predicted octanol–water partition coefficient (Wildman–Crippen LogP) is 6.41. The van der Waals surface area contributed by atoms with Crippen LogP contribution < -0.4 is 4.90 Å². The fourth-order valence-electron chi connectivity index (χ4n) is 5.36. The molecule has 0 atom stereocenters. The molecule has 0 saturated carbocycles. The maximum Gasteiger partial charge on any atom is 0.435 e. The highest BCUT2D eigenvalue weighted by atomic mass is 19.4. The van der Waals surface area contributed by atoms with Crippen LogP contribution in [0.4, 0.5) is 23.2 Å². The summed E-state index contributed by atoms with van der Waals surface area (Å²) in [6.07, 6.45) is -4.92. The van der Waals surface area contributed by atoms with Gasteiger partial charge in [-0.3, -0.25) is 4.79 Å². The van der Waals surface area contributed by atoms with Gasteiger partial charge in [-0.2, -0.15) is 18.3 Å². The van der Waals surface area contributed by atoms with Gasteiger partial charge in [0.2, 0.25) is 0 Å². The topological polar surface area (TPSA) is 67.4 Å². The van der Waals surface area contributed by atoms with Gasteiger partial charge in [-0.1, -0.05) is 35.5 Å². The van der Waals surface area contributed by atoms with Crippen LogP contribution in [-0.4, -0.2) is 46.4 Å².